The van der Waals surface area contributed by atoms with Crippen molar-refractivity contribution in [2.45, 2.75) is 11.5 Å². The van der Waals surface area contributed by atoms with Crippen LogP contribution in [0.3, 0.4) is 0 Å². The van der Waals surface area contributed by atoms with Crippen LogP contribution < -0.4 is 14.3 Å². The Kier molecular flexibility index (Phi) is 6.37. The normalized spacial score (nSPS) is 11.5. The molecule has 0 unspecified atom stereocenters. The molecule has 4 rings (SSSR count). The van der Waals surface area contributed by atoms with Crippen molar-refractivity contribution in [2.24, 2.45) is 5.10 Å². The molecule has 4 aromatic carbocycles. The van der Waals surface area contributed by atoms with Gasteiger partial charge in [-0.3, -0.25) is 0 Å². The van der Waals surface area contributed by atoms with Gasteiger partial charge < -0.3 is 9.47 Å². The van der Waals surface area contributed by atoms with Crippen molar-refractivity contribution in [1.29, 1.82) is 0 Å². The van der Waals surface area contributed by atoms with Gasteiger partial charge in [0.15, 0.2) is 11.5 Å². The minimum absolute atomic E-state index is 0.148. The molecule has 0 saturated carbocycles. The zero-order chi connectivity index (χ0) is 22.4. The van der Waals surface area contributed by atoms with E-state index in [1.165, 1.54) is 6.21 Å². The fourth-order valence-corrected chi connectivity index (χ4v) is 4.01. The molecule has 0 amide bonds. The first-order valence-corrected chi connectivity index (χ1v) is 11.4. The number of sulfonamides is 1. The fourth-order valence-electron chi connectivity index (χ4n) is 3.18. The van der Waals surface area contributed by atoms with Crippen molar-refractivity contribution >= 4 is 27.0 Å². The third-order valence-corrected chi connectivity index (χ3v) is 6.06. The summed E-state index contributed by atoms with van der Waals surface area (Å²) in [6, 6.07) is 27.6. The van der Waals surface area contributed by atoms with Crippen LogP contribution in [0.5, 0.6) is 11.5 Å². The number of hydrogen-bond donors (Lipinski definition) is 1. The lowest BCUT2D eigenvalue weighted by atomic mass is 10.1. The zero-order valence-electron chi connectivity index (χ0n) is 17.4. The van der Waals surface area contributed by atoms with Crippen LogP contribution in [0, 0.1) is 0 Å². The predicted octanol–water partition coefficient (Wildman–Crippen LogP) is 4.74. The van der Waals surface area contributed by atoms with Gasteiger partial charge in [-0.2, -0.15) is 13.5 Å². The number of benzene rings is 4. The van der Waals surface area contributed by atoms with Gasteiger partial charge in [0.25, 0.3) is 10.0 Å². The van der Waals surface area contributed by atoms with Crippen LogP contribution >= 0.6 is 0 Å². The standard InChI is InChI=1S/C25H22N2O4S/c1-30-24-14-11-20(15-25(24)31-18-19-7-3-2-4-8-19)17-26-27-32(28,29)23-13-12-21-9-5-6-10-22(21)16-23/h2-17,27H,18H2,1H3/b26-17+. The number of ether oxygens (including phenoxy) is 2. The summed E-state index contributed by atoms with van der Waals surface area (Å²) in [5, 5.41) is 5.74. The first kappa shape index (κ1) is 21.4. The fraction of sp³-hybridized carbons (Fsp3) is 0.0800. The summed E-state index contributed by atoms with van der Waals surface area (Å²) in [6.07, 6.45) is 1.42. The first-order valence-electron chi connectivity index (χ1n) is 9.93. The summed E-state index contributed by atoms with van der Waals surface area (Å²) in [5.41, 5.74) is 1.69. The van der Waals surface area contributed by atoms with Crippen molar-refractivity contribution in [3.8, 4) is 11.5 Å². The second kappa shape index (κ2) is 9.53. The van der Waals surface area contributed by atoms with Crippen molar-refractivity contribution in [2.75, 3.05) is 7.11 Å². The van der Waals surface area contributed by atoms with Crippen LogP contribution in [0.1, 0.15) is 11.1 Å². The molecule has 0 fully saturated rings. The quantitative estimate of drug-likeness (QED) is 0.313. The lowest BCUT2D eigenvalue weighted by molar-refractivity contribution is 0.284. The monoisotopic (exact) mass is 446 g/mol. The van der Waals surface area contributed by atoms with Crippen molar-refractivity contribution in [3.63, 3.8) is 0 Å². The van der Waals surface area contributed by atoms with E-state index in [1.54, 1.807) is 43.5 Å². The van der Waals surface area contributed by atoms with Crippen LogP contribution in [-0.2, 0) is 16.6 Å². The second-order valence-electron chi connectivity index (χ2n) is 7.05. The summed E-state index contributed by atoms with van der Waals surface area (Å²) >= 11 is 0. The molecule has 0 heterocycles. The Morgan fingerprint density at radius 2 is 1.59 bits per heavy atom. The van der Waals surface area contributed by atoms with Gasteiger partial charge in [0.1, 0.15) is 6.61 Å². The van der Waals surface area contributed by atoms with Crippen molar-refractivity contribution < 1.29 is 17.9 Å². The van der Waals surface area contributed by atoms with Gasteiger partial charge in [-0.25, -0.2) is 4.83 Å². The molecule has 0 radical (unpaired) electrons. The Hall–Kier alpha value is -3.84. The minimum Gasteiger partial charge on any atom is -0.493 e. The average Bonchev–Trinajstić information content (AvgIpc) is 2.83. The Bertz CT molecular complexity index is 1350. The van der Waals surface area contributed by atoms with Gasteiger partial charge in [-0.05, 0) is 52.2 Å². The Labute approximate surface area is 187 Å². The van der Waals surface area contributed by atoms with E-state index in [0.717, 1.165) is 16.3 Å². The number of hydrogen-bond acceptors (Lipinski definition) is 5. The van der Waals surface area contributed by atoms with Gasteiger partial charge in [0.05, 0.1) is 18.2 Å². The molecule has 32 heavy (non-hydrogen) atoms. The Morgan fingerprint density at radius 3 is 2.38 bits per heavy atom. The number of methoxy groups -OCH3 is 1. The zero-order valence-corrected chi connectivity index (χ0v) is 18.2. The number of rotatable bonds is 8. The van der Waals surface area contributed by atoms with Gasteiger partial charge in [0, 0.05) is 0 Å². The van der Waals surface area contributed by atoms with Crippen LogP contribution in [0.15, 0.2) is 101 Å². The maximum atomic E-state index is 12.6. The van der Waals surface area contributed by atoms with E-state index < -0.39 is 10.0 Å². The highest BCUT2D eigenvalue weighted by Gasteiger charge is 2.13. The van der Waals surface area contributed by atoms with Crippen LogP contribution in [0.2, 0.25) is 0 Å². The van der Waals surface area contributed by atoms with E-state index in [0.29, 0.717) is 23.7 Å². The highest BCUT2D eigenvalue weighted by atomic mass is 32.2. The molecule has 0 aliphatic carbocycles. The van der Waals surface area contributed by atoms with Gasteiger partial charge >= 0.3 is 0 Å². The topological polar surface area (TPSA) is 77.0 Å². The molecule has 0 bridgehead atoms. The molecule has 4 aromatic rings. The summed E-state index contributed by atoms with van der Waals surface area (Å²) in [5.74, 6) is 1.12. The molecule has 0 saturated heterocycles. The van der Waals surface area contributed by atoms with E-state index in [1.807, 2.05) is 54.6 Å². The second-order valence-corrected chi connectivity index (χ2v) is 8.71. The minimum atomic E-state index is -3.79. The van der Waals surface area contributed by atoms with Crippen LogP contribution in [0.4, 0.5) is 0 Å². The van der Waals surface area contributed by atoms with Gasteiger partial charge in [0.2, 0.25) is 0 Å². The molecule has 7 heteroatoms. The number of hydrazone groups is 1. The molecule has 6 nitrogen and oxygen atoms in total. The van der Waals surface area contributed by atoms with E-state index in [-0.39, 0.29) is 4.90 Å². The number of nitrogens with zero attached hydrogens (tertiary/aromatic N) is 1. The predicted molar refractivity (Wildman–Crippen MR) is 126 cm³/mol. The lowest BCUT2D eigenvalue weighted by Crippen LogP contribution is -2.18. The summed E-state index contributed by atoms with van der Waals surface area (Å²) in [6.45, 7) is 0.381. The molecule has 1 N–H and O–H groups in total. The highest BCUT2D eigenvalue weighted by molar-refractivity contribution is 7.89. The Balaban J connectivity index is 1.48. The summed E-state index contributed by atoms with van der Waals surface area (Å²) in [7, 11) is -2.23. The van der Waals surface area contributed by atoms with Crippen LogP contribution in [-0.4, -0.2) is 21.7 Å². The maximum Gasteiger partial charge on any atom is 0.276 e. The molecule has 0 spiro atoms. The molecular weight excluding hydrogens is 424 g/mol. The average molecular weight is 447 g/mol. The molecule has 0 aliphatic rings. The lowest BCUT2D eigenvalue weighted by Gasteiger charge is -2.11. The maximum absolute atomic E-state index is 12.6. The number of fused-ring (bicyclic) bond motifs is 1. The third kappa shape index (κ3) is 5.07. The molecule has 0 aliphatic heterocycles. The smallest absolute Gasteiger partial charge is 0.276 e. The van der Waals surface area contributed by atoms with Gasteiger partial charge in [-0.1, -0.05) is 60.7 Å². The summed E-state index contributed by atoms with van der Waals surface area (Å²) in [4.78, 5) is 2.41. The molecule has 162 valence electrons. The van der Waals surface area contributed by atoms with Crippen molar-refractivity contribution in [1.82, 2.24) is 4.83 Å². The summed E-state index contributed by atoms with van der Waals surface area (Å²) < 4.78 is 36.5. The van der Waals surface area contributed by atoms with E-state index >= 15 is 0 Å². The molecule has 0 atom stereocenters. The van der Waals surface area contributed by atoms with E-state index in [2.05, 4.69) is 9.93 Å². The van der Waals surface area contributed by atoms with Gasteiger partial charge in [-0.15, -0.1) is 0 Å². The Morgan fingerprint density at radius 1 is 0.844 bits per heavy atom. The van der Waals surface area contributed by atoms with E-state index in [9.17, 15) is 8.42 Å². The van der Waals surface area contributed by atoms with Crippen molar-refractivity contribution in [3.05, 3.63) is 102 Å². The van der Waals surface area contributed by atoms with E-state index in [4.69, 9.17) is 9.47 Å². The largest absolute Gasteiger partial charge is 0.493 e. The third-order valence-electron chi connectivity index (χ3n) is 4.84. The van der Waals surface area contributed by atoms with Crippen LogP contribution in [0.25, 0.3) is 10.8 Å². The highest BCUT2D eigenvalue weighted by Crippen LogP contribution is 2.28. The molecule has 0 aromatic heterocycles. The first-order chi connectivity index (χ1) is 15.5. The SMILES string of the molecule is COc1ccc(/C=N/NS(=O)(=O)c2ccc3ccccc3c2)cc1OCc1ccccc1. The number of nitrogens with one attached hydrogen (secondary N) is 1. The molecular formula is C25H22N2O4S.